The number of ether oxygens (including phenoxy) is 2. The summed E-state index contributed by atoms with van der Waals surface area (Å²) in [5, 5.41) is 5.43. The van der Waals surface area contributed by atoms with Crippen LogP contribution in [0.5, 0.6) is 0 Å². The van der Waals surface area contributed by atoms with Gasteiger partial charge in [-0.15, -0.1) is 0 Å². The summed E-state index contributed by atoms with van der Waals surface area (Å²) in [6.45, 7) is 13.1. The topological polar surface area (TPSA) is 175 Å². The van der Waals surface area contributed by atoms with E-state index in [1.54, 1.807) is 0 Å². The molecule has 0 spiro atoms. The Morgan fingerprint density at radius 1 is 0.655 bits per heavy atom. The number of likely N-dealkylation sites (tertiary alicyclic amines) is 2. The summed E-state index contributed by atoms with van der Waals surface area (Å²) in [6.07, 6.45) is 2.00. The number of methoxy groups -OCH3 is 2. The van der Waals surface area contributed by atoms with E-state index in [0.717, 1.165) is 92.8 Å². The number of amides is 4. The molecule has 2 aromatic heterocycles. The number of hydrogen-bond donors (Lipinski definition) is 4. The number of H-pyrrole nitrogens is 2. The number of nitrogens with zero attached hydrogens (tertiary/aromatic N) is 4. The second-order valence-electron chi connectivity index (χ2n) is 16.2. The molecule has 306 valence electrons. The van der Waals surface area contributed by atoms with Gasteiger partial charge >= 0.3 is 12.2 Å². The van der Waals surface area contributed by atoms with Gasteiger partial charge in [0.15, 0.2) is 0 Å². The monoisotopic (exact) mass is 790 g/mol. The number of carbonyl (C=O) groups is 4. The normalized spacial score (nSPS) is 18.0. The average molecular weight is 791 g/mol. The number of carbonyl (C=O) groups excluding carboxylic acids is 4. The maximum atomic E-state index is 13.7. The number of rotatable bonds is 10. The lowest BCUT2D eigenvalue weighted by molar-refractivity contribution is -0.136. The fourth-order valence-corrected chi connectivity index (χ4v) is 8.53. The van der Waals surface area contributed by atoms with Gasteiger partial charge in [-0.2, -0.15) is 0 Å². The molecule has 3 unspecified atom stereocenters. The van der Waals surface area contributed by atoms with E-state index in [2.05, 4.69) is 70.8 Å². The summed E-state index contributed by atoms with van der Waals surface area (Å²) in [5.74, 6) is 0.975. The Labute approximate surface area is 338 Å². The predicted molar refractivity (Wildman–Crippen MR) is 222 cm³/mol. The molecule has 2 aliphatic rings. The molecule has 4 atom stereocenters. The Morgan fingerprint density at radius 2 is 1.05 bits per heavy atom. The van der Waals surface area contributed by atoms with E-state index in [0.29, 0.717) is 13.1 Å². The SMILES string of the molecule is COC(=O)NC(C(=O)N1CCCC1c1nc2cc(-c3ccc(-c4ccc5[nH]c(C6CCCN6C(=O)[C@@H](NC(=O)OC)C(C)C)nc5c4)c(C)c3C)ccc2[nH]1)C(C)C. The van der Waals surface area contributed by atoms with Gasteiger partial charge in [-0.05, 0) is 109 Å². The zero-order valence-corrected chi connectivity index (χ0v) is 34.6. The minimum Gasteiger partial charge on any atom is -0.453 e. The highest BCUT2D eigenvalue weighted by atomic mass is 16.5. The van der Waals surface area contributed by atoms with Crippen molar-refractivity contribution in [2.45, 2.75) is 91.4 Å². The van der Waals surface area contributed by atoms with Crippen molar-refractivity contribution in [2.75, 3.05) is 27.3 Å². The fraction of sp³-hybridized carbons (Fsp3) is 0.455. The number of aromatic amines is 2. The average Bonchev–Trinajstić information content (AvgIpc) is 4.04. The summed E-state index contributed by atoms with van der Waals surface area (Å²) in [7, 11) is 2.59. The first-order valence-corrected chi connectivity index (χ1v) is 20.2. The van der Waals surface area contributed by atoms with Crippen LogP contribution >= 0.6 is 0 Å². The fourth-order valence-electron chi connectivity index (χ4n) is 8.53. The molecule has 4 heterocycles. The van der Waals surface area contributed by atoms with Crippen LogP contribution in [0.15, 0.2) is 48.5 Å². The second kappa shape index (κ2) is 16.5. The Morgan fingerprint density at radius 3 is 1.41 bits per heavy atom. The molecule has 0 bridgehead atoms. The molecule has 14 heteroatoms. The van der Waals surface area contributed by atoms with Crippen molar-refractivity contribution in [1.29, 1.82) is 0 Å². The van der Waals surface area contributed by atoms with Crippen LogP contribution in [0.2, 0.25) is 0 Å². The molecule has 0 aliphatic carbocycles. The van der Waals surface area contributed by atoms with E-state index in [1.807, 2.05) is 49.6 Å². The molecular formula is C44H54N8O6. The Hall–Kier alpha value is -5.92. The lowest BCUT2D eigenvalue weighted by Crippen LogP contribution is -2.51. The number of hydrogen-bond acceptors (Lipinski definition) is 8. The Bertz CT molecular complexity index is 2200. The van der Waals surface area contributed by atoms with Gasteiger partial charge in [-0.25, -0.2) is 19.6 Å². The van der Waals surface area contributed by atoms with Gasteiger partial charge in [0.25, 0.3) is 0 Å². The summed E-state index contributed by atoms with van der Waals surface area (Å²) in [4.78, 5) is 72.0. The zero-order valence-electron chi connectivity index (χ0n) is 34.6. The number of fused-ring (bicyclic) bond motifs is 2. The van der Waals surface area contributed by atoms with Crippen LogP contribution in [0.1, 0.15) is 88.2 Å². The maximum Gasteiger partial charge on any atom is 0.407 e. The van der Waals surface area contributed by atoms with Crippen molar-refractivity contribution < 1.29 is 28.7 Å². The van der Waals surface area contributed by atoms with Gasteiger partial charge < -0.3 is 39.9 Å². The van der Waals surface area contributed by atoms with Gasteiger partial charge in [-0.1, -0.05) is 52.0 Å². The molecule has 4 N–H and O–H groups in total. The molecule has 5 aromatic rings. The first kappa shape index (κ1) is 40.3. The number of imidazole rings is 2. The molecule has 2 fully saturated rings. The van der Waals surface area contributed by atoms with Crippen LogP contribution in [0.4, 0.5) is 9.59 Å². The van der Waals surface area contributed by atoms with E-state index in [1.165, 1.54) is 14.2 Å². The van der Waals surface area contributed by atoms with Gasteiger partial charge in [0, 0.05) is 13.1 Å². The lowest BCUT2D eigenvalue weighted by Gasteiger charge is -2.29. The summed E-state index contributed by atoms with van der Waals surface area (Å²) < 4.78 is 9.57. The first-order valence-electron chi connectivity index (χ1n) is 20.2. The summed E-state index contributed by atoms with van der Waals surface area (Å²) in [5.41, 5.74) is 10.0. The molecular weight excluding hydrogens is 737 g/mol. The van der Waals surface area contributed by atoms with Gasteiger partial charge in [0.1, 0.15) is 23.7 Å². The largest absolute Gasteiger partial charge is 0.453 e. The van der Waals surface area contributed by atoms with Crippen molar-refractivity contribution in [1.82, 2.24) is 40.4 Å². The van der Waals surface area contributed by atoms with Gasteiger partial charge in [-0.3, -0.25) is 9.59 Å². The molecule has 14 nitrogen and oxygen atoms in total. The maximum absolute atomic E-state index is 13.7. The third-order valence-corrected chi connectivity index (χ3v) is 11.9. The van der Waals surface area contributed by atoms with E-state index < -0.39 is 24.3 Å². The Balaban J connectivity index is 1.11. The molecule has 0 saturated carbocycles. The van der Waals surface area contributed by atoms with Crippen LogP contribution in [0.25, 0.3) is 44.3 Å². The number of alkyl carbamates (subject to hydrolysis) is 2. The number of benzene rings is 3. The van der Waals surface area contributed by atoms with Crippen molar-refractivity contribution in [3.8, 4) is 22.3 Å². The highest BCUT2D eigenvalue weighted by molar-refractivity contribution is 5.89. The van der Waals surface area contributed by atoms with Crippen LogP contribution in [0, 0.1) is 25.7 Å². The number of nitrogens with one attached hydrogen (secondary N) is 4. The van der Waals surface area contributed by atoms with E-state index in [4.69, 9.17) is 19.4 Å². The smallest absolute Gasteiger partial charge is 0.407 e. The minimum absolute atomic E-state index is 0.111. The van der Waals surface area contributed by atoms with Crippen molar-refractivity contribution in [3.05, 3.63) is 71.3 Å². The van der Waals surface area contributed by atoms with Crippen LogP contribution in [-0.4, -0.2) is 93.1 Å². The summed E-state index contributed by atoms with van der Waals surface area (Å²) >= 11 is 0. The number of aromatic nitrogens is 4. The quantitative estimate of drug-likeness (QED) is 0.113. The third-order valence-electron chi connectivity index (χ3n) is 11.9. The van der Waals surface area contributed by atoms with Crippen molar-refractivity contribution in [2.24, 2.45) is 11.8 Å². The van der Waals surface area contributed by atoms with Gasteiger partial charge in [0.2, 0.25) is 11.8 Å². The molecule has 2 saturated heterocycles. The molecule has 58 heavy (non-hydrogen) atoms. The summed E-state index contributed by atoms with van der Waals surface area (Å²) in [6, 6.07) is 14.9. The zero-order chi connectivity index (χ0) is 41.4. The van der Waals surface area contributed by atoms with E-state index in [-0.39, 0.29) is 35.7 Å². The molecule has 0 radical (unpaired) electrons. The van der Waals surface area contributed by atoms with E-state index in [9.17, 15) is 19.2 Å². The third kappa shape index (κ3) is 7.71. The van der Waals surface area contributed by atoms with Crippen molar-refractivity contribution >= 4 is 46.1 Å². The van der Waals surface area contributed by atoms with Crippen molar-refractivity contribution in [3.63, 3.8) is 0 Å². The first-order chi connectivity index (χ1) is 27.8. The molecule has 7 rings (SSSR count). The molecule has 2 aliphatic heterocycles. The van der Waals surface area contributed by atoms with Gasteiger partial charge in [0.05, 0.1) is 48.4 Å². The molecule has 3 aromatic carbocycles. The van der Waals surface area contributed by atoms with Crippen LogP contribution in [-0.2, 0) is 19.1 Å². The standard InChI is InChI=1S/C44H54N8O6/c1-23(2)37(49-43(55)57-7)41(53)51-19-9-11-35(51)39-45-31-17-13-27(21-33(31)47-39)29-15-16-30(26(6)25(29)5)28-14-18-32-34(22-28)48-40(46-32)36-12-10-20-52(36)42(54)38(24(3)4)50-44(56)58-8/h13-18,21-24,35-38H,9-12,19-20H2,1-8H3,(H,45,47)(H,46,48)(H,49,55)(H,50,56)/t35?,36?,37-,38?/m0/s1. The van der Waals surface area contributed by atoms with E-state index >= 15 is 0 Å². The minimum atomic E-state index is -0.695. The lowest BCUT2D eigenvalue weighted by atomic mass is 9.90. The second-order valence-corrected chi connectivity index (χ2v) is 16.2. The van der Waals surface area contributed by atoms with Crippen LogP contribution < -0.4 is 10.6 Å². The highest BCUT2D eigenvalue weighted by Crippen LogP contribution is 2.38. The highest BCUT2D eigenvalue weighted by Gasteiger charge is 2.39. The van der Waals surface area contributed by atoms with Crippen LogP contribution in [0.3, 0.4) is 0 Å². The predicted octanol–water partition coefficient (Wildman–Crippen LogP) is 7.48. The molecule has 4 amide bonds. The Kier molecular flexibility index (Phi) is 11.5.